The zero-order chi connectivity index (χ0) is 11.4. The Bertz CT molecular complexity index is 298. The molecule has 1 N–H and O–H groups in total. The van der Waals surface area contributed by atoms with Gasteiger partial charge in [-0.25, -0.2) is 0 Å². The lowest BCUT2D eigenvalue weighted by molar-refractivity contribution is 0.105. The summed E-state index contributed by atoms with van der Waals surface area (Å²) in [5.41, 5.74) is 1.18. The highest BCUT2D eigenvalue weighted by Crippen LogP contribution is 2.17. The maximum absolute atomic E-state index is 9.57. The summed E-state index contributed by atoms with van der Waals surface area (Å²) in [4.78, 5) is 2.14. The largest absolute Gasteiger partial charge is 0.392 e. The van der Waals surface area contributed by atoms with Gasteiger partial charge in [0.1, 0.15) is 0 Å². The van der Waals surface area contributed by atoms with Crippen molar-refractivity contribution in [3.63, 3.8) is 0 Å². The van der Waals surface area contributed by atoms with Crippen molar-refractivity contribution in [3.05, 3.63) is 18.0 Å². The topological polar surface area (TPSA) is 41.3 Å². The molecule has 4 heteroatoms. The van der Waals surface area contributed by atoms with Gasteiger partial charge in [-0.15, -0.1) is 0 Å². The molecule has 15 heavy (non-hydrogen) atoms. The van der Waals surface area contributed by atoms with E-state index >= 15 is 0 Å². The van der Waals surface area contributed by atoms with Crippen molar-refractivity contribution in [3.8, 4) is 0 Å². The van der Waals surface area contributed by atoms with Crippen LogP contribution in [0.1, 0.15) is 31.9 Å². The zero-order valence-electron chi connectivity index (χ0n) is 10.0. The summed E-state index contributed by atoms with van der Waals surface area (Å²) < 4.78 is 1.80. The van der Waals surface area contributed by atoms with Gasteiger partial charge in [0.25, 0.3) is 0 Å². The second kappa shape index (κ2) is 5.28. The maximum Gasteiger partial charge on any atom is 0.0664 e. The van der Waals surface area contributed by atoms with Crippen molar-refractivity contribution in [2.75, 3.05) is 13.6 Å². The molecule has 0 spiro atoms. The fraction of sp³-hybridized carbons (Fsp3) is 0.727. The maximum atomic E-state index is 9.57. The predicted molar refractivity (Wildman–Crippen MR) is 60.6 cm³/mol. The predicted octanol–water partition coefficient (Wildman–Crippen LogP) is 1.18. The SMILES string of the molecule is CC[C@@H](O)CN(C)C(C)c1cnn(C)c1. The average molecular weight is 211 g/mol. The van der Waals surface area contributed by atoms with Crippen LogP contribution >= 0.6 is 0 Å². The van der Waals surface area contributed by atoms with Gasteiger partial charge in [-0.05, 0) is 20.4 Å². The van der Waals surface area contributed by atoms with E-state index in [-0.39, 0.29) is 6.10 Å². The third-order valence-electron chi connectivity index (χ3n) is 2.84. The van der Waals surface area contributed by atoms with E-state index in [4.69, 9.17) is 0 Å². The Morgan fingerprint density at radius 2 is 2.27 bits per heavy atom. The van der Waals surface area contributed by atoms with Crippen LogP contribution in [0, 0.1) is 0 Å². The van der Waals surface area contributed by atoms with E-state index in [1.54, 1.807) is 4.68 Å². The third-order valence-corrected chi connectivity index (χ3v) is 2.84. The number of likely N-dealkylation sites (N-methyl/N-ethyl adjacent to an activating group) is 1. The van der Waals surface area contributed by atoms with Gasteiger partial charge >= 0.3 is 0 Å². The first-order valence-electron chi connectivity index (χ1n) is 5.41. The summed E-state index contributed by atoms with van der Waals surface area (Å²) in [5, 5.41) is 13.7. The van der Waals surface area contributed by atoms with Gasteiger partial charge in [0.15, 0.2) is 0 Å². The first-order chi connectivity index (χ1) is 7.04. The molecule has 1 unspecified atom stereocenters. The fourth-order valence-electron chi connectivity index (χ4n) is 1.53. The Labute approximate surface area is 91.5 Å². The molecule has 0 fully saturated rings. The molecule has 0 saturated heterocycles. The second-order valence-electron chi connectivity index (χ2n) is 4.12. The standard InChI is InChI=1S/C11H21N3O/c1-5-11(15)8-13(3)9(2)10-6-12-14(4)7-10/h6-7,9,11,15H,5,8H2,1-4H3/t9?,11-/m1/s1. The van der Waals surface area contributed by atoms with Crippen LogP contribution in [0.25, 0.3) is 0 Å². The van der Waals surface area contributed by atoms with Crippen LogP contribution in [-0.4, -0.2) is 39.5 Å². The lowest BCUT2D eigenvalue weighted by Gasteiger charge is -2.25. The normalized spacial score (nSPS) is 15.6. The van der Waals surface area contributed by atoms with E-state index < -0.39 is 0 Å². The number of aliphatic hydroxyl groups is 1. The van der Waals surface area contributed by atoms with E-state index in [2.05, 4.69) is 16.9 Å². The molecule has 0 aromatic carbocycles. The number of aromatic nitrogens is 2. The van der Waals surface area contributed by atoms with Crippen molar-refractivity contribution in [1.29, 1.82) is 0 Å². The molecule has 0 amide bonds. The minimum absolute atomic E-state index is 0.242. The Morgan fingerprint density at radius 3 is 2.73 bits per heavy atom. The minimum atomic E-state index is -0.242. The lowest BCUT2D eigenvalue weighted by Crippen LogP contribution is -2.30. The highest BCUT2D eigenvalue weighted by atomic mass is 16.3. The zero-order valence-corrected chi connectivity index (χ0v) is 10.0. The Morgan fingerprint density at radius 1 is 1.60 bits per heavy atom. The molecule has 0 aliphatic carbocycles. The van der Waals surface area contributed by atoms with E-state index in [1.807, 2.05) is 33.4 Å². The van der Waals surface area contributed by atoms with E-state index in [0.29, 0.717) is 12.6 Å². The smallest absolute Gasteiger partial charge is 0.0664 e. The average Bonchev–Trinajstić information content (AvgIpc) is 2.63. The van der Waals surface area contributed by atoms with Gasteiger partial charge < -0.3 is 5.11 Å². The van der Waals surface area contributed by atoms with Gasteiger partial charge in [-0.3, -0.25) is 9.58 Å². The third kappa shape index (κ3) is 3.32. The summed E-state index contributed by atoms with van der Waals surface area (Å²) in [6.07, 6.45) is 4.44. The molecule has 1 aromatic rings. The lowest BCUT2D eigenvalue weighted by atomic mass is 10.1. The van der Waals surface area contributed by atoms with Crippen LogP contribution in [-0.2, 0) is 7.05 Å². The highest BCUT2D eigenvalue weighted by Gasteiger charge is 2.15. The Balaban J connectivity index is 2.56. The molecule has 86 valence electrons. The summed E-state index contributed by atoms with van der Waals surface area (Å²) in [7, 11) is 3.94. The Kier molecular flexibility index (Phi) is 4.29. The number of aryl methyl sites for hydroxylation is 1. The van der Waals surface area contributed by atoms with Crippen LogP contribution in [0.2, 0.25) is 0 Å². The molecular formula is C11H21N3O. The van der Waals surface area contributed by atoms with Crippen molar-refractivity contribution in [2.24, 2.45) is 7.05 Å². The van der Waals surface area contributed by atoms with Crippen LogP contribution < -0.4 is 0 Å². The molecule has 1 rings (SSSR count). The number of aliphatic hydroxyl groups excluding tert-OH is 1. The van der Waals surface area contributed by atoms with E-state index in [0.717, 1.165) is 6.42 Å². The molecule has 0 bridgehead atoms. The van der Waals surface area contributed by atoms with Crippen LogP contribution in [0.5, 0.6) is 0 Å². The summed E-state index contributed by atoms with van der Waals surface area (Å²) in [5.74, 6) is 0. The molecule has 0 radical (unpaired) electrons. The number of nitrogens with zero attached hydrogens (tertiary/aromatic N) is 3. The molecule has 0 aliphatic rings. The molecule has 1 aromatic heterocycles. The van der Waals surface area contributed by atoms with Gasteiger partial charge in [-0.2, -0.15) is 5.10 Å². The first kappa shape index (κ1) is 12.2. The van der Waals surface area contributed by atoms with Crippen molar-refractivity contribution < 1.29 is 5.11 Å². The first-order valence-corrected chi connectivity index (χ1v) is 5.41. The second-order valence-corrected chi connectivity index (χ2v) is 4.12. The van der Waals surface area contributed by atoms with Crippen molar-refractivity contribution in [1.82, 2.24) is 14.7 Å². The van der Waals surface area contributed by atoms with Crippen LogP contribution in [0.4, 0.5) is 0 Å². The van der Waals surface area contributed by atoms with Gasteiger partial charge in [0.2, 0.25) is 0 Å². The molecular weight excluding hydrogens is 190 g/mol. The monoisotopic (exact) mass is 211 g/mol. The molecule has 2 atom stereocenters. The quantitative estimate of drug-likeness (QED) is 0.795. The molecule has 0 saturated carbocycles. The van der Waals surface area contributed by atoms with Crippen molar-refractivity contribution in [2.45, 2.75) is 32.4 Å². The minimum Gasteiger partial charge on any atom is -0.392 e. The fourth-order valence-corrected chi connectivity index (χ4v) is 1.53. The summed E-state index contributed by atoms with van der Waals surface area (Å²) in [6, 6.07) is 0.292. The number of rotatable bonds is 5. The van der Waals surface area contributed by atoms with Crippen LogP contribution in [0.3, 0.4) is 0 Å². The van der Waals surface area contributed by atoms with Gasteiger partial charge in [0.05, 0.1) is 12.3 Å². The van der Waals surface area contributed by atoms with Crippen molar-refractivity contribution >= 4 is 0 Å². The summed E-state index contributed by atoms with van der Waals surface area (Å²) in [6.45, 7) is 4.82. The molecule has 4 nitrogen and oxygen atoms in total. The number of hydrogen-bond acceptors (Lipinski definition) is 3. The number of hydrogen-bond donors (Lipinski definition) is 1. The van der Waals surface area contributed by atoms with E-state index in [1.165, 1.54) is 5.56 Å². The van der Waals surface area contributed by atoms with Gasteiger partial charge in [0, 0.05) is 31.4 Å². The summed E-state index contributed by atoms with van der Waals surface area (Å²) >= 11 is 0. The highest BCUT2D eigenvalue weighted by molar-refractivity contribution is 5.09. The molecule has 0 aliphatic heterocycles. The van der Waals surface area contributed by atoms with Gasteiger partial charge in [-0.1, -0.05) is 6.92 Å². The van der Waals surface area contributed by atoms with Crippen LogP contribution in [0.15, 0.2) is 12.4 Å². The van der Waals surface area contributed by atoms with E-state index in [9.17, 15) is 5.11 Å². The Hall–Kier alpha value is -0.870. The molecule has 1 heterocycles.